The van der Waals surface area contributed by atoms with Crippen LogP contribution < -0.4 is 20.1 Å². The van der Waals surface area contributed by atoms with Crippen LogP contribution >= 0.6 is 0 Å². The summed E-state index contributed by atoms with van der Waals surface area (Å²) in [6.45, 7) is 4.21. The van der Waals surface area contributed by atoms with Gasteiger partial charge < -0.3 is 44.6 Å². The Morgan fingerprint density at radius 2 is 1.63 bits per heavy atom. The second kappa shape index (κ2) is 18.8. The van der Waals surface area contributed by atoms with Gasteiger partial charge in [0, 0.05) is 79.5 Å². The number of phenols is 2. The summed E-state index contributed by atoms with van der Waals surface area (Å²) >= 11 is 0. The number of ether oxygens (including phenoxy) is 3. The van der Waals surface area contributed by atoms with Crippen LogP contribution in [-0.4, -0.2) is 51.3 Å². The van der Waals surface area contributed by atoms with Crippen LogP contribution in [0.15, 0.2) is 133 Å². The summed E-state index contributed by atoms with van der Waals surface area (Å²) in [4.78, 5) is 30.2. The first-order valence-corrected chi connectivity index (χ1v) is 21.4. The molecule has 0 spiro atoms. The molecule has 0 aliphatic carbocycles. The molecular weight excluding hydrogens is 781 g/mol. The monoisotopic (exact) mass is 834 g/mol. The highest BCUT2D eigenvalue weighted by Crippen LogP contribution is 2.39. The Hall–Kier alpha value is -6.88. The maximum atomic E-state index is 14.3. The number of aromatic hydroxyl groups is 2. The van der Waals surface area contributed by atoms with Crippen LogP contribution in [0.25, 0.3) is 10.8 Å². The highest BCUT2D eigenvalue weighted by molar-refractivity contribution is 5.94. The molecule has 6 aromatic rings. The number of methoxy groups -OCH3 is 1. The Balaban J connectivity index is 1.20. The quantitative estimate of drug-likeness (QED) is 0.0992. The van der Waals surface area contributed by atoms with Crippen molar-refractivity contribution in [2.75, 3.05) is 19.0 Å². The number of H-pyrrole nitrogens is 1. The average Bonchev–Trinajstić information content (AvgIpc) is 3.90. The molecule has 8 rings (SSSR count). The summed E-state index contributed by atoms with van der Waals surface area (Å²) < 4.78 is 19.9. The lowest BCUT2D eigenvalue weighted by Gasteiger charge is -2.25. The van der Waals surface area contributed by atoms with E-state index in [-0.39, 0.29) is 36.0 Å². The fourth-order valence-electron chi connectivity index (χ4n) is 8.92. The van der Waals surface area contributed by atoms with E-state index in [1.54, 1.807) is 31.4 Å². The van der Waals surface area contributed by atoms with Gasteiger partial charge in [0.2, 0.25) is 0 Å². The van der Waals surface area contributed by atoms with Crippen LogP contribution in [0, 0.1) is 5.92 Å². The zero-order valence-corrected chi connectivity index (χ0v) is 35.4. The molecule has 4 bridgehead atoms. The third kappa shape index (κ3) is 9.84. The molecular formula is C51H54N4O7. The first-order chi connectivity index (χ1) is 30.1. The van der Waals surface area contributed by atoms with E-state index in [9.17, 15) is 19.8 Å². The molecule has 0 radical (unpaired) electrons. The number of fused-ring (bicyclic) bond motifs is 3. The molecule has 0 saturated carbocycles. The minimum absolute atomic E-state index is 0.0304. The normalized spacial score (nSPS) is 19.8. The van der Waals surface area contributed by atoms with Crippen LogP contribution in [-0.2, 0) is 27.2 Å². The van der Waals surface area contributed by atoms with Crippen molar-refractivity contribution < 1.29 is 34.0 Å². The summed E-state index contributed by atoms with van der Waals surface area (Å²) in [7, 11) is 1.57. The highest BCUT2D eigenvalue weighted by atomic mass is 16.5. The number of Topliss-reactive ketones (excluding diaryl/α,β-unsaturated/α-hetero) is 1. The van der Waals surface area contributed by atoms with E-state index in [0.717, 1.165) is 64.7 Å². The summed E-state index contributed by atoms with van der Waals surface area (Å²) in [5.74, 6) is 2.38. The zero-order chi connectivity index (χ0) is 43.2. The van der Waals surface area contributed by atoms with E-state index in [1.165, 1.54) is 24.1 Å². The van der Waals surface area contributed by atoms with Gasteiger partial charge in [0.1, 0.15) is 35.0 Å². The average molecular weight is 835 g/mol. The van der Waals surface area contributed by atoms with E-state index in [1.807, 2.05) is 42.5 Å². The van der Waals surface area contributed by atoms with Gasteiger partial charge in [0.25, 0.3) is 0 Å². The van der Waals surface area contributed by atoms with Crippen molar-refractivity contribution in [3.63, 3.8) is 0 Å². The molecule has 2 aliphatic heterocycles. The molecule has 2 aromatic heterocycles. The number of carbonyl (C=O) groups is 2. The molecule has 4 heterocycles. The van der Waals surface area contributed by atoms with E-state index < -0.39 is 18.1 Å². The second-order valence-electron chi connectivity index (χ2n) is 16.4. The summed E-state index contributed by atoms with van der Waals surface area (Å²) in [5.41, 5.74) is 6.34. The van der Waals surface area contributed by atoms with Gasteiger partial charge in [-0.25, -0.2) is 0 Å². The molecule has 11 nitrogen and oxygen atoms in total. The van der Waals surface area contributed by atoms with Crippen LogP contribution in [0.4, 0.5) is 5.69 Å². The number of anilines is 1. The molecule has 4 unspecified atom stereocenters. The van der Waals surface area contributed by atoms with Gasteiger partial charge in [-0.1, -0.05) is 55.8 Å². The first-order valence-electron chi connectivity index (χ1n) is 21.4. The first kappa shape index (κ1) is 41.8. The minimum Gasteiger partial charge on any atom is -0.508 e. The Labute approximate surface area is 362 Å². The lowest BCUT2D eigenvalue weighted by atomic mass is 9.82. The number of hydrogen-bond donors (Lipinski definition) is 5. The van der Waals surface area contributed by atoms with E-state index in [0.29, 0.717) is 36.1 Å². The number of dihydropyridines is 1. The van der Waals surface area contributed by atoms with Crippen LogP contribution in [0.3, 0.4) is 0 Å². The largest absolute Gasteiger partial charge is 0.508 e. The number of nitrogens with zero attached hydrogens (tertiary/aromatic N) is 1. The molecule has 5 N–H and O–H groups in total. The van der Waals surface area contributed by atoms with Gasteiger partial charge in [0.15, 0.2) is 11.5 Å². The van der Waals surface area contributed by atoms with Crippen molar-refractivity contribution in [2.24, 2.45) is 5.92 Å². The van der Waals surface area contributed by atoms with Crippen molar-refractivity contribution in [3.8, 4) is 28.7 Å². The fourth-order valence-corrected chi connectivity index (χ4v) is 8.92. The third-order valence-electron chi connectivity index (χ3n) is 12.1. The molecule has 4 atom stereocenters. The fraction of sp³-hybridized carbons (Fsp3) is 0.294. The maximum absolute atomic E-state index is 14.3. The zero-order valence-electron chi connectivity index (χ0n) is 35.4. The van der Waals surface area contributed by atoms with Crippen molar-refractivity contribution in [1.29, 1.82) is 0 Å². The smallest absolute Gasteiger partial charge is 0.302 e. The van der Waals surface area contributed by atoms with E-state index in [4.69, 9.17) is 14.2 Å². The Morgan fingerprint density at radius 3 is 2.40 bits per heavy atom. The SMILES string of the molecule is CCC1CCC(OC(C)=O)CC(=O)CC(c2ccc(Oc3cccc(O)c3)c(OC)c2)n2cc3cccc(c3c2)NC2=CC(=CCN2)C(c2cccc(O)c2)Cc2c[nH]cc2C1. The van der Waals surface area contributed by atoms with Gasteiger partial charge in [-0.2, -0.15) is 0 Å². The number of hydrogen-bond acceptors (Lipinski definition) is 9. The number of phenolic OH excluding ortho intramolecular Hbond substituents is 2. The standard InChI is InChI=1S/C51H54N4O7/c1-4-33-14-16-44(61-32(2)56)26-42(59)27-48(36-15-17-49(50(23-36)60-3)62-43-12-7-11-41(58)25-43)55-30-37-9-6-13-47(46(37)31-55)54-51-24-35(18-19-53-51)45(34-8-5-10-40(57)21-34)22-39-29-52-28-38(39)20-33/h5-13,15,17-18,21,23-25,28-31,33,44-45,48,52-54,57-58H,4,14,16,19-20,22,26-27H2,1-3H3. The molecule has 2 aliphatic rings. The number of benzene rings is 4. The molecule has 62 heavy (non-hydrogen) atoms. The molecule has 0 fully saturated rings. The summed E-state index contributed by atoms with van der Waals surface area (Å²) in [6.07, 6.45) is 16.2. The topological polar surface area (TPSA) is 147 Å². The Morgan fingerprint density at radius 1 is 0.839 bits per heavy atom. The van der Waals surface area contributed by atoms with Gasteiger partial charge in [0.05, 0.1) is 13.2 Å². The third-order valence-corrected chi connectivity index (χ3v) is 12.1. The van der Waals surface area contributed by atoms with Gasteiger partial charge in [-0.3, -0.25) is 9.59 Å². The number of ketones is 1. The number of esters is 1. The number of aromatic nitrogens is 2. The Bertz CT molecular complexity index is 2620. The van der Waals surface area contributed by atoms with Gasteiger partial charge >= 0.3 is 5.97 Å². The van der Waals surface area contributed by atoms with Gasteiger partial charge in [-0.05, 0) is 108 Å². The lowest BCUT2D eigenvalue weighted by Crippen LogP contribution is -2.24. The van der Waals surface area contributed by atoms with E-state index >= 15 is 0 Å². The van der Waals surface area contributed by atoms with Crippen LogP contribution in [0.2, 0.25) is 0 Å². The Kier molecular flexibility index (Phi) is 12.7. The number of rotatable bonds is 7. The van der Waals surface area contributed by atoms with E-state index in [2.05, 4.69) is 76.2 Å². The van der Waals surface area contributed by atoms with Crippen molar-refractivity contribution in [1.82, 2.24) is 14.9 Å². The second-order valence-corrected chi connectivity index (χ2v) is 16.4. The molecule has 320 valence electrons. The molecule has 0 saturated heterocycles. The number of aromatic amines is 1. The minimum atomic E-state index is -0.567. The number of carbonyl (C=O) groups excluding carboxylic acids is 2. The predicted octanol–water partition coefficient (Wildman–Crippen LogP) is 10.2. The number of nitrogens with one attached hydrogen (secondary N) is 3. The lowest BCUT2D eigenvalue weighted by molar-refractivity contribution is -0.148. The van der Waals surface area contributed by atoms with Crippen LogP contribution in [0.1, 0.15) is 80.2 Å². The molecule has 4 aromatic carbocycles. The summed E-state index contributed by atoms with van der Waals surface area (Å²) in [6, 6.07) is 25.4. The maximum Gasteiger partial charge on any atom is 0.302 e. The van der Waals surface area contributed by atoms with Crippen molar-refractivity contribution in [3.05, 3.63) is 156 Å². The van der Waals surface area contributed by atoms with Crippen molar-refractivity contribution >= 4 is 28.2 Å². The predicted molar refractivity (Wildman–Crippen MR) is 241 cm³/mol. The summed E-state index contributed by atoms with van der Waals surface area (Å²) in [5, 5.41) is 29.8. The number of allylic oxidation sites excluding steroid dienone is 2. The highest BCUT2D eigenvalue weighted by Gasteiger charge is 2.27. The van der Waals surface area contributed by atoms with Crippen molar-refractivity contribution in [2.45, 2.75) is 76.9 Å². The molecule has 11 heteroatoms. The van der Waals surface area contributed by atoms with Gasteiger partial charge in [-0.15, -0.1) is 0 Å². The molecule has 0 amide bonds. The van der Waals surface area contributed by atoms with Crippen LogP contribution in [0.5, 0.6) is 28.7 Å².